The van der Waals surface area contributed by atoms with E-state index in [1.165, 1.54) is 21.6 Å². The molecule has 0 bridgehead atoms. The molecule has 0 aliphatic heterocycles. The molecule has 0 saturated heterocycles. The van der Waals surface area contributed by atoms with Crippen LogP contribution in [0.5, 0.6) is 0 Å². The summed E-state index contributed by atoms with van der Waals surface area (Å²) in [5.41, 5.74) is 8.91. The lowest BCUT2D eigenvalue weighted by atomic mass is 9.94. The van der Waals surface area contributed by atoms with E-state index in [9.17, 15) is 4.79 Å². The van der Waals surface area contributed by atoms with Crippen LogP contribution in [0.1, 0.15) is 31.2 Å². The highest BCUT2D eigenvalue weighted by Crippen LogP contribution is 2.27. The van der Waals surface area contributed by atoms with Crippen molar-refractivity contribution in [3.8, 4) is 11.1 Å². The first-order valence-corrected chi connectivity index (χ1v) is 8.35. The Morgan fingerprint density at radius 3 is 2.48 bits per heavy atom. The van der Waals surface area contributed by atoms with Gasteiger partial charge in [-0.2, -0.15) is 0 Å². The van der Waals surface area contributed by atoms with Gasteiger partial charge in [-0.15, -0.1) is 11.8 Å². The number of benzene rings is 2. The van der Waals surface area contributed by atoms with Crippen molar-refractivity contribution in [1.29, 1.82) is 0 Å². The molecule has 2 nitrogen and oxygen atoms in total. The van der Waals surface area contributed by atoms with Crippen LogP contribution in [0.15, 0.2) is 53.4 Å². The van der Waals surface area contributed by atoms with Crippen LogP contribution in [0.4, 0.5) is 0 Å². The summed E-state index contributed by atoms with van der Waals surface area (Å²) >= 11 is 1.75. The molecule has 2 aromatic carbocycles. The van der Waals surface area contributed by atoms with E-state index in [0.29, 0.717) is 12.3 Å². The lowest BCUT2D eigenvalue weighted by Crippen LogP contribution is -2.11. The number of amides is 1. The van der Waals surface area contributed by atoms with Gasteiger partial charge in [-0.1, -0.05) is 43.3 Å². The second-order valence-corrected chi connectivity index (χ2v) is 6.14. The van der Waals surface area contributed by atoms with Crippen molar-refractivity contribution in [2.45, 2.75) is 30.6 Å². The van der Waals surface area contributed by atoms with E-state index in [0.717, 1.165) is 6.42 Å². The van der Waals surface area contributed by atoms with Crippen LogP contribution in [0, 0.1) is 0 Å². The van der Waals surface area contributed by atoms with Gasteiger partial charge < -0.3 is 5.73 Å². The highest BCUT2D eigenvalue weighted by atomic mass is 32.2. The predicted molar refractivity (Wildman–Crippen MR) is 90.5 cm³/mol. The Balaban J connectivity index is 2.12. The molecule has 0 aliphatic rings. The molecule has 3 heteroatoms. The summed E-state index contributed by atoms with van der Waals surface area (Å²) in [7, 11) is 0. The van der Waals surface area contributed by atoms with Crippen molar-refractivity contribution >= 4 is 17.7 Å². The second-order valence-electron chi connectivity index (χ2n) is 5.26. The lowest BCUT2D eigenvalue weighted by molar-refractivity contribution is -0.118. The molecule has 2 N–H and O–H groups in total. The SMILES string of the molecule is CSc1cccc(-c2ccc(C(C)CCC(N)=O)cc2)c1. The van der Waals surface area contributed by atoms with Crippen LogP contribution in [-0.2, 0) is 4.79 Å². The van der Waals surface area contributed by atoms with Gasteiger partial charge in [0.25, 0.3) is 0 Å². The van der Waals surface area contributed by atoms with Gasteiger partial charge in [0.1, 0.15) is 0 Å². The summed E-state index contributed by atoms with van der Waals surface area (Å²) in [6, 6.07) is 17.1. The standard InChI is InChI=1S/C18H21NOS/c1-13(6-11-18(19)20)14-7-9-15(10-8-14)16-4-3-5-17(12-16)21-2/h3-5,7-10,12-13H,6,11H2,1-2H3,(H2,19,20). The predicted octanol–water partition coefficient (Wildman–Crippen LogP) is 4.44. The summed E-state index contributed by atoms with van der Waals surface area (Å²) in [4.78, 5) is 12.1. The molecule has 1 amide bonds. The number of hydrogen-bond donors (Lipinski definition) is 1. The van der Waals surface area contributed by atoms with E-state index < -0.39 is 0 Å². The monoisotopic (exact) mass is 299 g/mol. The van der Waals surface area contributed by atoms with Gasteiger partial charge in [0.2, 0.25) is 5.91 Å². The van der Waals surface area contributed by atoms with E-state index in [2.05, 4.69) is 61.7 Å². The van der Waals surface area contributed by atoms with E-state index >= 15 is 0 Å². The van der Waals surface area contributed by atoms with Gasteiger partial charge in [0, 0.05) is 11.3 Å². The molecule has 2 aromatic rings. The first kappa shape index (κ1) is 15.6. The Kier molecular flexibility index (Phi) is 5.45. The maximum Gasteiger partial charge on any atom is 0.217 e. The molecule has 0 radical (unpaired) electrons. The van der Waals surface area contributed by atoms with Gasteiger partial charge in [-0.05, 0) is 47.4 Å². The Bertz CT molecular complexity index is 607. The zero-order valence-corrected chi connectivity index (χ0v) is 13.3. The summed E-state index contributed by atoms with van der Waals surface area (Å²) in [5.74, 6) is 0.122. The molecule has 0 spiro atoms. The van der Waals surface area contributed by atoms with Gasteiger partial charge in [0.15, 0.2) is 0 Å². The number of carbonyl (C=O) groups excluding carboxylic acids is 1. The van der Waals surface area contributed by atoms with Crippen LogP contribution in [0.25, 0.3) is 11.1 Å². The Morgan fingerprint density at radius 2 is 1.86 bits per heavy atom. The van der Waals surface area contributed by atoms with Crippen molar-refractivity contribution < 1.29 is 4.79 Å². The number of thioether (sulfide) groups is 1. The first-order valence-electron chi connectivity index (χ1n) is 7.13. The molecule has 110 valence electrons. The lowest BCUT2D eigenvalue weighted by Gasteiger charge is -2.12. The Morgan fingerprint density at radius 1 is 1.14 bits per heavy atom. The van der Waals surface area contributed by atoms with Crippen molar-refractivity contribution in [3.63, 3.8) is 0 Å². The summed E-state index contributed by atoms with van der Waals surface area (Å²) in [5, 5.41) is 0. The molecule has 0 fully saturated rings. The van der Waals surface area contributed by atoms with Crippen molar-refractivity contribution in [3.05, 3.63) is 54.1 Å². The number of hydrogen-bond acceptors (Lipinski definition) is 2. The molecule has 2 rings (SSSR count). The maximum atomic E-state index is 10.9. The maximum absolute atomic E-state index is 10.9. The molecule has 21 heavy (non-hydrogen) atoms. The molecule has 1 atom stereocenters. The Hall–Kier alpha value is -1.74. The topological polar surface area (TPSA) is 43.1 Å². The van der Waals surface area contributed by atoms with Gasteiger partial charge in [-0.3, -0.25) is 4.79 Å². The summed E-state index contributed by atoms with van der Waals surface area (Å²) in [6.45, 7) is 2.13. The third-order valence-electron chi connectivity index (χ3n) is 3.71. The summed E-state index contributed by atoms with van der Waals surface area (Å²) < 4.78 is 0. The van der Waals surface area contributed by atoms with Gasteiger partial charge in [0.05, 0.1) is 0 Å². The minimum Gasteiger partial charge on any atom is -0.370 e. The third kappa shape index (κ3) is 4.36. The molecule has 0 heterocycles. The average molecular weight is 299 g/mol. The molecular formula is C18H21NOS. The summed E-state index contributed by atoms with van der Waals surface area (Å²) in [6.07, 6.45) is 3.33. The highest BCUT2D eigenvalue weighted by Gasteiger charge is 2.07. The van der Waals surface area contributed by atoms with Crippen LogP contribution >= 0.6 is 11.8 Å². The van der Waals surface area contributed by atoms with Crippen LogP contribution in [-0.4, -0.2) is 12.2 Å². The average Bonchev–Trinajstić information content (AvgIpc) is 2.52. The van der Waals surface area contributed by atoms with E-state index in [-0.39, 0.29) is 5.91 Å². The van der Waals surface area contributed by atoms with E-state index in [4.69, 9.17) is 5.73 Å². The van der Waals surface area contributed by atoms with Crippen LogP contribution < -0.4 is 5.73 Å². The molecule has 0 aliphatic carbocycles. The third-order valence-corrected chi connectivity index (χ3v) is 4.43. The molecule has 0 aromatic heterocycles. The van der Waals surface area contributed by atoms with Crippen molar-refractivity contribution in [2.24, 2.45) is 5.73 Å². The molecule has 0 saturated carbocycles. The van der Waals surface area contributed by atoms with Crippen molar-refractivity contribution in [2.75, 3.05) is 6.26 Å². The minimum absolute atomic E-state index is 0.229. The minimum atomic E-state index is -0.229. The number of carbonyl (C=O) groups is 1. The largest absolute Gasteiger partial charge is 0.370 e. The highest BCUT2D eigenvalue weighted by molar-refractivity contribution is 7.98. The Labute approximate surface area is 130 Å². The zero-order valence-electron chi connectivity index (χ0n) is 12.5. The van der Waals surface area contributed by atoms with Crippen LogP contribution in [0.3, 0.4) is 0 Å². The number of primary amides is 1. The number of nitrogens with two attached hydrogens (primary N) is 1. The van der Waals surface area contributed by atoms with Gasteiger partial charge in [-0.25, -0.2) is 0 Å². The fourth-order valence-electron chi connectivity index (χ4n) is 2.33. The van der Waals surface area contributed by atoms with E-state index in [1.54, 1.807) is 11.8 Å². The smallest absolute Gasteiger partial charge is 0.217 e. The zero-order chi connectivity index (χ0) is 15.2. The first-order chi connectivity index (χ1) is 10.1. The fraction of sp³-hybridized carbons (Fsp3) is 0.278. The van der Waals surface area contributed by atoms with Crippen LogP contribution in [0.2, 0.25) is 0 Å². The van der Waals surface area contributed by atoms with Crippen molar-refractivity contribution in [1.82, 2.24) is 0 Å². The quantitative estimate of drug-likeness (QED) is 0.801. The molecule has 1 unspecified atom stereocenters. The molecular weight excluding hydrogens is 278 g/mol. The second kappa shape index (κ2) is 7.32. The van der Waals surface area contributed by atoms with Gasteiger partial charge >= 0.3 is 0 Å². The number of rotatable bonds is 6. The normalized spacial score (nSPS) is 12.1. The fourth-order valence-corrected chi connectivity index (χ4v) is 2.79. The van der Waals surface area contributed by atoms with E-state index in [1.807, 2.05) is 0 Å².